The summed E-state index contributed by atoms with van der Waals surface area (Å²) in [6.45, 7) is 2.12. The fraction of sp³-hybridized carbons (Fsp3) is 0.286. The van der Waals surface area contributed by atoms with Gasteiger partial charge in [0.15, 0.2) is 0 Å². The molecule has 0 unspecified atom stereocenters. The number of carbonyl (C=O) groups is 1. The van der Waals surface area contributed by atoms with Crippen molar-refractivity contribution in [2.75, 3.05) is 18.4 Å². The molecule has 2 heterocycles. The minimum Gasteiger partial charge on any atom is -0.339 e. The Labute approximate surface area is 179 Å². The summed E-state index contributed by atoms with van der Waals surface area (Å²) >= 11 is 0. The zero-order valence-electron chi connectivity index (χ0n) is 16.8. The molecule has 3 aromatic rings. The van der Waals surface area contributed by atoms with Crippen molar-refractivity contribution in [1.82, 2.24) is 14.4 Å². The molecule has 162 valence electrons. The lowest BCUT2D eigenvalue weighted by molar-refractivity contribution is -0.120. The number of sulfonamides is 1. The number of aryl methyl sites for hydroxylation is 1. The standard InChI is InChI=1S/C21H21FN4O4S/c1-14-23-20(25-30-14)16-3-2-4-19(13-16)31(28,29)26-11-9-15(10-12-26)21(27)24-18-7-5-17(22)6-8-18/h2-8,13,15H,9-12H2,1H3,(H,24,27). The van der Waals surface area contributed by atoms with Gasteiger partial charge in [-0.1, -0.05) is 17.3 Å². The SMILES string of the molecule is Cc1nc(-c2cccc(S(=O)(=O)N3CCC(C(=O)Nc4ccc(F)cc4)CC3)c2)no1. The van der Waals surface area contributed by atoms with Crippen molar-refractivity contribution >= 4 is 21.6 Å². The van der Waals surface area contributed by atoms with E-state index in [1.54, 1.807) is 19.1 Å². The number of nitrogens with one attached hydrogen (secondary N) is 1. The van der Waals surface area contributed by atoms with Crippen LogP contribution in [0.3, 0.4) is 0 Å². The van der Waals surface area contributed by atoms with E-state index in [1.807, 2.05) is 0 Å². The van der Waals surface area contributed by atoms with E-state index in [-0.39, 0.29) is 35.6 Å². The number of halogens is 1. The van der Waals surface area contributed by atoms with Crippen molar-refractivity contribution < 1.29 is 22.1 Å². The first-order chi connectivity index (χ1) is 14.8. The first-order valence-electron chi connectivity index (χ1n) is 9.80. The molecule has 1 aliphatic heterocycles. The van der Waals surface area contributed by atoms with Crippen LogP contribution in [0.5, 0.6) is 0 Å². The van der Waals surface area contributed by atoms with E-state index >= 15 is 0 Å². The summed E-state index contributed by atoms with van der Waals surface area (Å²) in [6, 6.07) is 11.9. The van der Waals surface area contributed by atoms with Gasteiger partial charge in [0.25, 0.3) is 0 Å². The minimum atomic E-state index is -3.72. The van der Waals surface area contributed by atoms with Crippen LogP contribution in [0.4, 0.5) is 10.1 Å². The molecule has 0 radical (unpaired) electrons. The molecule has 0 bridgehead atoms. The largest absolute Gasteiger partial charge is 0.339 e. The fourth-order valence-electron chi connectivity index (χ4n) is 3.50. The van der Waals surface area contributed by atoms with E-state index < -0.39 is 10.0 Å². The third-order valence-electron chi connectivity index (χ3n) is 5.19. The first kappa shape index (κ1) is 21.1. The summed E-state index contributed by atoms with van der Waals surface area (Å²) in [4.78, 5) is 16.8. The highest BCUT2D eigenvalue weighted by Gasteiger charge is 2.32. The Morgan fingerprint density at radius 2 is 1.87 bits per heavy atom. The molecule has 0 atom stereocenters. The Balaban J connectivity index is 1.42. The van der Waals surface area contributed by atoms with Crippen LogP contribution in [0, 0.1) is 18.7 Å². The van der Waals surface area contributed by atoms with Crippen LogP contribution in [-0.2, 0) is 14.8 Å². The molecular weight excluding hydrogens is 423 g/mol. The van der Waals surface area contributed by atoms with Crippen LogP contribution in [-0.4, -0.2) is 41.9 Å². The second-order valence-corrected chi connectivity index (χ2v) is 9.28. The van der Waals surface area contributed by atoms with Crippen molar-refractivity contribution in [2.24, 2.45) is 5.92 Å². The number of hydrogen-bond donors (Lipinski definition) is 1. The highest BCUT2D eigenvalue weighted by molar-refractivity contribution is 7.89. The molecule has 1 aromatic heterocycles. The maximum Gasteiger partial charge on any atom is 0.243 e. The van der Waals surface area contributed by atoms with Gasteiger partial charge < -0.3 is 9.84 Å². The predicted molar refractivity (Wildman–Crippen MR) is 111 cm³/mol. The summed E-state index contributed by atoms with van der Waals surface area (Å²) in [5.41, 5.74) is 1.06. The maximum absolute atomic E-state index is 13.1. The Morgan fingerprint density at radius 1 is 1.16 bits per heavy atom. The first-order valence-corrected chi connectivity index (χ1v) is 11.2. The average molecular weight is 444 g/mol. The molecule has 0 spiro atoms. The van der Waals surface area contributed by atoms with E-state index in [1.165, 1.54) is 40.7 Å². The molecule has 0 saturated carbocycles. The highest BCUT2D eigenvalue weighted by atomic mass is 32.2. The van der Waals surface area contributed by atoms with Crippen LogP contribution in [0.25, 0.3) is 11.4 Å². The zero-order chi connectivity index (χ0) is 22.0. The molecule has 1 fully saturated rings. The molecule has 0 aliphatic carbocycles. The third kappa shape index (κ3) is 4.64. The van der Waals surface area contributed by atoms with Gasteiger partial charge in [-0.25, -0.2) is 12.8 Å². The molecule has 4 rings (SSSR count). The summed E-state index contributed by atoms with van der Waals surface area (Å²) in [5.74, 6) is -0.173. The predicted octanol–water partition coefficient (Wildman–Crippen LogP) is 3.22. The van der Waals surface area contributed by atoms with Crippen molar-refractivity contribution in [3.8, 4) is 11.4 Å². The second-order valence-electron chi connectivity index (χ2n) is 7.34. The van der Waals surface area contributed by atoms with E-state index in [4.69, 9.17) is 4.52 Å². The Morgan fingerprint density at radius 3 is 2.52 bits per heavy atom. The zero-order valence-corrected chi connectivity index (χ0v) is 17.6. The molecule has 10 heteroatoms. The maximum atomic E-state index is 13.1. The van der Waals surface area contributed by atoms with Gasteiger partial charge in [0.05, 0.1) is 4.90 Å². The van der Waals surface area contributed by atoms with Crippen molar-refractivity contribution in [3.63, 3.8) is 0 Å². The van der Waals surface area contributed by atoms with Crippen LogP contribution < -0.4 is 5.32 Å². The molecule has 31 heavy (non-hydrogen) atoms. The lowest BCUT2D eigenvalue weighted by atomic mass is 9.97. The van der Waals surface area contributed by atoms with Crippen molar-refractivity contribution in [3.05, 3.63) is 60.2 Å². The monoisotopic (exact) mass is 444 g/mol. The van der Waals surface area contributed by atoms with Crippen LogP contribution in [0.1, 0.15) is 18.7 Å². The molecular formula is C21H21FN4O4S. The normalized spacial score (nSPS) is 15.7. The minimum absolute atomic E-state index is 0.140. The van der Waals surface area contributed by atoms with Crippen molar-refractivity contribution in [1.29, 1.82) is 0 Å². The van der Waals surface area contributed by atoms with Gasteiger partial charge in [0.1, 0.15) is 5.82 Å². The smallest absolute Gasteiger partial charge is 0.243 e. The van der Waals surface area contributed by atoms with Crippen LogP contribution in [0.15, 0.2) is 57.9 Å². The lowest BCUT2D eigenvalue weighted by Gasteiger charge is -2.30. The molecule has 1 saturated heterocycles. The number of amides is 1. The topological polar surface area (TPSA) is 105 Å². The van der Waals surface area contributed by atoms with E-state index in [0.29, 0.717) is 35.8 Å². The van der Waals surface area contributed by atoms with Gasteiger partial charge in [-0.3, -0.25) is 4.79 Å². The molecule has 1 aliphatic rings. The summed E-state index contributed by atoms with van der Waals surface area (Å²) in [6.07, 6.45) is 0.798. The number of benzene rings is 2. The second kappa shape index (κ2) is 8.56. The molecule has 2 aromatic carbocycles. The Kier molecular flexibility index (Phi) is 5.84. The third-order valence-corrected chi connectivity index (χ3v) is 7.09. The number of piperidine rings is 1. The van der Waals surface area contributed by atoms with Gasteiger partial charge >= 0.3 is 0 Å². The van der Waals surface area contributed by atoms with E-state index in [2.05, 4.69) is 15.5 Å². The van der Waals surface area contributed by atoms with E-state index in [0.717, 1.165) is 0 Å². The molecule has 1 N–H and O–H groups in total. The van der Waals surface area contributed by atoms with Gasteiger partial charge in [0, 0.05) is 37.2 Å². The van der Waals surface area contributed by atoms with Gasteiger partial charge in [0.2, 0.25) is 27.6 Å². The average Bonchev–Trinajstić information content (AvgIpc) is 3.22. The van der Waals surface area contributed by atoms with Crippen molar-refractivity contribution in [2.45, 2.75) is 24.7 Å². The van der Waals surface area contributed by atoms with Gasteiger partial charge in [-0.15, -0.1) is 0 Å². The number of rotatable bonds is 5. The van der Waals surface area contributed by atoms with E-state index in [9.17, 15) is 17.6 Å². The lowest BCUT2D eigenvalue weighted by Crippen LogP contribution is -2.41. The number of nitrogens with zero attached hydrogens (tertiary/aromatic N) is 3. The Hall–Kier alpha value is -3.11. The van der Waals surface area contributed by atoms with Gasteiger partial charge in [-0.05, 0) is 49.2 Å². The molecule has 1 amide bonds. The summed E-state index contributed by atoms with van der Waals surface area (Å²) in [5, 5.41) is 6.59. The number of anilines is 1. The molecule has 8 nitrogen and oxygen atoms in total. The number of aromatic nitrogens is 2. The number of carbonyl (C=O) groups excluding carboxylic acids is 1. The Bertz CT molecular complexity index is 1190. The summed E-state index contributed by atoms with van der Waals surface area (Å²) in [7, 11) is -3.72. The number of hydrogen-bond acceptors (Lipinski definition) is 6. The fourth-order valence-corrected chi connectivity index (χ4v) is 5.01. The summed E-state index contributed by atoms with van der Waals surface area (Å²) < 4.78 is 45.6. The van der Waals surface area contributed by atoms with Gasteiger partial charge in [-0.2, -0.15) is 9.29 Å². The van der Waals surface area contributed by atoms with Crippen LogP contribution >= 0.6 is 0 Å². The highest BCUT2D eigenvalue weighted by Crippen LogP contribution is 2.27. The van der Waals surface area contributed by atoms with Crippen LogP contribution in [0.2, 0.25) is 0 Å². The quantitative estimate of drug-likeness (QED) is 0.648.